The lowest BCUT2D eigenvalue weighted by molar-refractivity contribution is -0.114. The van der Waals surface area contributed by atoms with E-state index in [1.54, 1.807) is 6.08 Å². The van der Waals surface area contributed by atoms with E-state index in [0.717, 1.165) is 0 Å². The molecule has 4 nitrogen and oxygen atoms in total. The molecule has 1 aliphatic carbocycles. The van der Waals surface area contributed by atoms with Crippen molar-refractivity contribution in [2.75, 3.05) is 19.8 Å². The van der Waals surface area contributed by atoms with Gasteiger partial charge < -0.3 is 15.3 Å². The van der Waals surface area contributed by atoms with Crippen molar-refractivity contribution < 1.29 is 20.1 Å². The molecule has 3 N–H and O–H groups in total. The zero-order valence-corrected chi connectivity index (χ0v) is 8.57. The van der Waals surface area contributed by atoms with Gasteiger partial charge in [0.2, 0.25) is 0 Å². The number of aliphatic hydroxyl groups is 3. The minimum Gasteiger partial charge on any atom is -0.396 e. The van der Waals surface area contributed by atoms with Crippen LogP contribution in [0.15, 0.2) is 22.8 Å². The quantitative estimate of drug-likeness (QED) is 0.596. The summed E-state index contributed by atoms with van der Waals surface area (Å²) < 4.78 is 0. The van der Waals surface area contributed by atoms with Crippen LogP contribution in [0.1, 0.15) is 19.3 Å². The first-order valence-electron chi connectivity index (χ1n) is 5.01. The van der Waals surface area contributed by atoms with E-state index in [1.807, 2.05) is 0 Å². The van der Waals surface area contributed by atoms with Crippen molar-refractivity contribution in [3.8, 4) is 0 Å². The van der Waals surface area contributed by atoms with Crippen molar-refractivity contribution in [2.24, 2.45) is 0 Å². The fourth-order valence-corrected chi connectivity index (χ4v) is 1.76. The number of hydrogen-bond acceptors (Lipinski definition) is 4. The minimum atomic E-state index is -0.232. The number of carbonyl (C=O) groups is 1. The second-order valence-corrected chi connectivity index (χ2v) is 3.46. The van der Waals surface area contributed by atoms with Gasteiger partial charge >= 0.3 is 0 Å². The summed E-state index contributed by atoms with van der Waals surface area (Å²) >= 11 is 0. The Kier molecular flexibility index (Phi) is 4.68. The standard InChI is InChI=1S/C11H16O4/c12-5-1-2-8(6-13)11-9(7-14)3-4-10(11)15/h2,12-14H,1,3-7H2. The molecule has 0 saturated carbocycles. The van der Waals surface area contributed by atoms with Gasteiger partial charge in [-0.1, -0.05) is 6.08 Å². The van der Waals surface area contributed by atoms with Gasteiger partial charge in [-0.3, -0.25) is 4.79 Å². The number of Topliss-reactive ketones (excluding diaryl/α,β-unsaturated/α-hetero) is 1. The third-order valence-corrected chi connectivity index (χ3v) is 2.49. The number of ketones is 1. The lowest BCUT2D eigenvalue weighted by atomic mass is 10.0. The van der Waals surface area contributed by atoms with Gasteiger partial charge in [-0.15, -0.1) is 0 Å². The van der Waals surface area contributed by atoms with Crippen molar-refractivity contribution in [3.05, 3.63) is 22.8 Å². The molecule has 0 atom stereocenters. The van der Waals surface area contributed by atoms with Crippen molar-refractivity contribution in [1.29, 1.82) is 0 Å². The van der Waals surface area contributed by atoms with E-state index in [9.17, 15) is 4.79 Å². The van der Waals surface area contributed by atoms with Gasteiger partial charge in [0, 0.05) is 18.6 Å². The van der Waals surface area contributed by atoms with Gasteiger partial charge in [0.15, 0.2) is 5.78 Å². The topological polar surface area (TPSA) is 77.8 Å². The van der Waals surface area contributed by atoms with Crippen LogP contribution in [-0.2, 0) is 4.79 Å². The van der Waals surface area contributed by atoms with Gasteiger partial charge in [0.25, 0.3) is 0 Å². The summed E-state index contributed by atoms with van der Waals surface area (Å²) in [5, 5.41) is 26.8. The van der Waals surface area contributed by atoms with E-state index in [2.05, 4.69) is 0 Å². The van der Waals surface area contributed by atoms with Gasteiger partial charge in [0.05, 0.1) is 13.2 Å². The molecule has 84 valence electrons. The third-order valence-electron chi connectivity index (χ3n) is 2.49. The molecule has 0 aliphatic heterocycles. The van der Waals surface area contributed by atoms with Crippen LogP contribution >= 0.6 is 0 Å². The molecule has 0 aromatic heterocycles. The van der Waals surface area contributed by atoms with Crippen molar-refractivity contribution >= 4 is 5.78 Å². The van der Waals surface area contributed by atoms with E-state index in [-0.39, 0.29) is 25.6 Å². The van der Waals surface area contributed by atoms with Crippen LogP contribution in [0.5, 0.6) is 0 Å². The summed E-state index contributed by atoms with van der Waals surface area (Å²) in [6, 6.07) is 0. The summed E-state index contributed by atoms with van der Waals surface area (Å²) in [6.07, 6.45) is 3.03. The first-order valence-corrected chi connectivity index (χ1v) is 5.01. The second-order valence-electron chi connectivity index (χ2n) is 3.46. The minimum absolute atomic E-state index is 0.0145. The zero-order valence-electron chi connectivity index (χ0n) is 8.57. The van der Waals surface area contributed by atoms with Gasteiger partial charge in [-0.25, -0.2) is 0 Å². The average Bonchev–Trinajstić information content (AvgIpc) is 2.62. The Hall–Kier alpha value is -0.970. The Bertz CT molecular complexity index is 302. The molecule has 1 aliphatic rings. The summed E-state index contributed by atoms with van der Waals surface area (Å²) in [5.74, 6) is -0.0303. The lowest BCUT2D eigenvalue weighted by Crippen LogP contribution is -2.05. The second kappa shape index (κ2) is 5.80. The third kappa shape index (κ3) is 2.75. The number of rotatable bonds is 5. The molecule has 0 heterocycles. The van der Waals surface area contributed by atoms with Crippen LogP contribution in [0.2, 0.25) is 0 Å². The molecule has 0 amide bonds. The highest BCUT2D eigenvalue weighted by Crippen LogP contribution is 2.28. The molecule has 0 aromatic carbocycles. The van der Waals surface area contributed by atoms with Gasteiger partial charge in [0.1, 0.15) is 0 Å². The Morgan fingerprint density at radius 3 is 2.53 bits per heavy atom. The zero-order chi connectivity index (χ0) is 11.3. The molecule has 0 unspecified atom stereocenters. The van der Waals surface area contributed by atoms with Crippen LogP contribution in [0.3, 0.4) is 0 Å². The van der Waals surface area contributed by atoms with Crippen molar-refractivity contribution in [3.63, 3.8) is 0 Å². The highest BCUT2D eigenvalue weighted by atomic mass is 16.3. The van der Waals surface area contributed by atoms with E-state index in [4.69, 9.17) is 15.3 Å². The molecule has 0 saturated heterocycles. The molecule has 0 fully saturated rings. The highest BCUT2D eigenvalue weighted by molar-refractivity contribution is 6.02. The summed E-state index contributed by atoms with van der Waals surface area (Å²) in [7, 11) is 0. The van der Waals surface area contributed by atoms with E-state index in [1.165, 1.54) is 0 Å². The van der Waals surface area contributed by atoms with E-state index >= 15 is 0 Å². The van der Waals surface area contributed by atoms with Crippen LogP contribution in [0, 0.1) is 0 Å². The maximum Gasteiger partial charge on any atom is 0.163 e. The number of carbonyl (C=O) groups excluding carboxylic acids is 1. The molecular formula is C11H16O4. The molecule has 0 aromatic rings. The highest BCUT2D eigenvalue weighted by Gasteiger charge is 2.24. The predicted molar refractivity (Wildman–Crippen MR) is 55.2 cm³/mol. The number of hydrogen-bond donors (Lipinski definition) is 3. The van der Waals surface area contributed by atoms with Crippen molar-refractivity contribution in [1.82, 2.24) is 0 Å². The Balaban J connectivity index is 2.95. The van der Waals surface area contributed by atoms with Crippen LogP contribution in [0.25, 0.3) is 0 Å². The summed E-state index contributed by atoms with van der Waals surface area (Å²) in [5.41, 5.74) is 1.68. The Labute approximate surface area is 88.5 Å². The molecule has 0 bridgehead atoms. The van der Waals surface area contributed by atoms with E-state index < -0.39 is 0 Å². The van der Waals surface area contributed by atoms with Crippen molar-refractivity contribution in [2.45, 2.75) is 19.3 Å². The Morgan fingerprint density at radius 1 is 1.27 bits per heavy atom. The fraction of sp³-hybridized carbons (Fsp3) is 0.545. The lowest BCUT2D eigenvalue weighted by Gasteiger charge is -2.06. The maximum atomic E-state index is 11.5. The van der Waals surface area contributed by atoms with Gasteiger partial charge in [-0.05, 0) is 24.0 Å². The normalized spacial score (nSPS) is 17.8. The average molecular weight is 212 g/mol. The van der Waals surface area contributed by atoms with Crippen LogP contribution < -0.4 is 0 Å². The first-order chi connectivity index (χ1) is 7.24. The number of aliphatic hydroxyl groups excluding tert-OH is 3. The molecule has 0 radical (unpaired) electrons. The predicted octanol–water partition coefficient (Wildman–Crippen LogP) is -0.0607. The molecule has 1 rings (SSSR count). The maximum absolute atomic E-state index is 11.5. The largest absolute Gasteiger partial charge is 0.396 e. The monoisotopic (exact) mass is 212 g/mol. The van der Waals surface area contributed by atoms with E-state index in [0.29, 0.717) is 36.0 Å². The molecule has 4 heteroatoms. The summed E-state index contributed by atoms with van der Waals surface area (Å²) in [6.45, 7) is -0.387. The first kappa shape index (κ1) is 12.1. The fourth-order valence-electron chi connectivity index (χ4n) is 1.76. The summed E-state index contributed by atoms with van der Waals surface area (Å²) in [4.78, 5) is 11.5. The smallest absolute Gasteiger partial charge is 0.163 e. The van der Waals surface area contributed by atoms with Gasteiger partial charge in [-0.2, -0.15) is 0 Å². The molecule has 15 heavy (non-hydrogen) atoms. The van der Waals surface area contributed by atoms with Crippen LogP contribution in [-0.4, -0.2) is 40.9 Å². The SMILES string of the molecule is O=C1CCC(CO)=C1C(=CCCO)CO. The Morgan fingerprint density at radius 2 is 2.00 bits per heavy atom. The molecule has 0 spiro atoms. The molecular weight excluding hydrogens is 196 g/mol. The van der Waals surface area contributed by atoms with Crippen LogP contribution in [0.4, 0.5) is 0 Å².